The van der Waals surface area contributed by atoms with E-state index in [0.29, 0.717) is 6.61 Å². The van der Waals surface area contributed by atoms with Crippen molar-refractivity contribution in [2.24, 2.45) is 0 Å². The number of benzene rings is 1. The van der Waals surface area contributed by atoms with Gasteiger partial charge in [-0.25, -0.2) is 4.79 Å². The van der Waals surface area contributed by atoms with E-state index in [0.717, 1.165) is 41.7 Å². The monoisotopic (exact) mass is 346 g/mol. The standard InChI is InChI=1S/C13H15BrN2O2.ClH/c14-10-1-2-12-9(7-10)8-18-13(17)16(12)11-3-5-15-6-4-11;/h1-2,7,11,15H,3-6,8H2;1H. The Hall–Kier alpha value is -0.780. The molecule has 0 aromatic heterocycles. The van der Waals surface area contributed by atoms with Gasteiger partial charge in [-0.15, -0.1) is 12.4 Å². The van der Waals surface area contributed by atoms with E-state index >= 15 is 0 Å². The predicted molar refractivity (Wildman–Crippen MR) is 79.9 cm³/mol. The van der Waals surface area contributed by atoms with Gasteiger partial charge in [0.05, 0.1) is 5.69 Å². The number of anilines is 1. The molecule has 2 heterocycles. The molecule has 2 aliphatic heterocycles. The van der Waals surface area contributed by atoms with Crippen LogP contribution in [0.25, 0.3) is 0 Å². The molecule has 0 spiro atoms. The average molecular weight is 348 g/mol. The molecule has 0 saturated carbocycles. The number of rotatable bonds is 1. The Bertz CT molecular complexity index is 478. The van der Waals surface area contributed by atoms with Gasteiger partial charge in [-0.1, -0.05) is 15.9 Å². The Labute approximate surface area is 127 Å². The van der Waals surface area contributed by atoms with Crippen LogP contribution in [0.1, 0.15) is 18.4 Å². The van der Waals surface area contributed by atoms with E-state index in [2.05, 4.69) is 21.2 Å². The molecule has 0 unspecified atom stereocenters. The smallest absolute Gasteiger partial charge is 0.414 e. The average Bonchev–Trinajstić information content (AvgIpc) is 2.40. The van der Waals surface area contributed by atoms with Crippen LogP contribution < -0.4 is 10.2 Å². The van der Waals surface area contributed by atoms with Gasteiger partial charge in [0.15, 0.2) is 0 Å². The maximum atomic E-state index is 12.0. The highest BCUT2D eigenvalue weighted by Crippen LogP contribution is 2.32. The number of nitrogens with zero attached hydrogens (tertiary/aromatic N) is 1. The Morgan fingerprint density at radius 1 is 1.32 bits per heavy atom. The second-order valence-electron chi connectivity index (χ2n) is 4.68. The number of carbonyl (C=O) groups is 1. The van der Waals surface area contributed by atoms with Crippen molar-refractivity contribution in [3.05, 3.63) is 28.2 Å². The van der Waals surface area contributed by atoms with Crippen molar-refractivity contribution in [2.75, 3.05) is 18.0 Å². The van der Waals surface area contributed by atoms with E-state index in [1.807, 2.05) is 23.1 Å². The number of hydrogen-bond acceptors (Lipinski definition) is 3. The lowest BCUT2D eigenvalue weighted by Gasteiger charge is -2.37. The Balaban J connectivity index is 0.00000133. The van der Waals surface area contributed by atoms with Crippen molar-refractivity contribution < 1.29 is 9.53 Å². The second-order valence-corrected chi connectivity index (χ2v) is 5.59. The molecule has 0 aliphatic carbocycles. The first-order valence-electron chi connectivity index (χ1n) is 6.21. The molecule has 1 aromatic carbocycles. The van der Waals surface area contributed by atoms with E-state index in [1.54, 1.807) is 0 Å². The fourth-order valence-electron chi connectivity index (χ4n) is 2.62. The zero-order chi connectivity index (χ0) is 12.5. The second kappa shape index (κ2) is 6.11. The zero-order valence-electron chi connectivity index (χ0n) is 10.4. The summed E-state index contributed by atoms with van der Waals surface area (Å²) in [6.07, 6.45) is 1.74. The molecule has 0 bridgehead atoms. The molecule has 0 radical (unpaired) electrons. The lowest BCUT2D eigenvalue weighted by atomic mass is 10.0. The summed E-state index contributed by atoms with van der Waals surface area (Å²) in [5, 5.41) is 3.32. The number of fused-ring (bicyclic) bond motifs is 1. The van der Waals surface area contributed by atoms with Gasteiger partial charge >= 0.3 is 6.09 Å². The van der Waals surface area contributed by atoms with E-state index in [4.69, 9.17) is 4.74 Å². The number of nitrogens with one attached hydrogen (secondary N) is 1. The van der Waals surface area contributed by atoms with Crippen molar-refractivity contribution in [2.45, 2.75) is 25.5 Å². The molecular weight excluding hydrogens is 332 g/mol. The summed E-state index contributed by atoms with van der Waals surface area (Å²) in [7, 11) is 0. The van der Waals surface area contributed by atoms with E-state index in [-0.39, 0.29) is 24.5 Å². The van der Waals surface area contributed by atoms with Crippen molar-refractivity contribution >= 4 is 40.1 Å². The number of hydrogen-bond donors (Lipinski definition) is 1. The molecule has 104 valence electrons. The van der Waals surface area contributed by atoms with Crippen LogP contribution in [0, 0.1) is 0 Å². The van der Waals surface area contributed by atoms with Crippen molar-refractivity contribution in [3.8, 4) is 0 Å². The number of cyclic esters (lactones) is 1. The van der Waals surface area contributed by atoms with Crippen LogP contribution >= 0.6 is 28.3 Å². The number of piperidine rings is 1. The summed E-state index contributed by atoms with van der Waals surface area (Å²) in [5.74, 6) is 0. The molecule has 2 aliphatic rings. The summed E-state index contributed by atoms with van der Waals surface area (Å²) in [6, 6.07) is 6.25. The van der Waals surface area contributed by atoms with E-state index < -0.39 is 0 Å². The maximum absolute atomic E-state index is 12.0. The SMILES string of the molecule is Cl.O=C1OCc2cc(Br)ccc2N1C1CCNCC1. The Morgan fingerprint density at radius 3 is 2.79 bits per heavy atom. The molecule has 1 saturated heterocycles. The van der Waals surface area contributed by atoms with Crippen LogP contribution in [0.3, 0.4) is 0 Å². The van der Waals surface area contributed by atoms with Crippen LogP contribution in [0.15, 0.2) is 22.7 Å². The van der Waals surface area contributed by atoms with Gasteiger partial charge in [0.25, 0.3) is 0 Å². The van der Waals surface area contributed by atoms with E-state index in [1.165, 1.54) is 0 Å². The normalized spacial score (nSPS) is 19.4. The van der Waals surface area contributed by atoms with Gasteiger partial charge in [-0.05, 0) is 44.1 Å². The molecule has 1 N–H and O–H groups in total. The lowest BCUT2D eigenvalue weighted by Crippen LogP contribution is -2.48. The molecule has 19 heavy (non-hydrogen) atoms. The van der Waals surface area contributed by atoms with Gasteiger partial charge in [-0.2, -0.15) is 0 Å². The summed E-state index contributed by atoms with van der Waals surface area (Å²) >= 11 is 3.45. The van der Waals surface area contributed by atoms with Crippen molar-refractivity contribution in [1.29, 1.82) is 0 Å². The molecular formula is C13H16BrClN2O2. The van der Waals surface area contributed by atoms with Crippen molar-refractivity contribution in [3.63, 3.8) is 0 Å². The third-order valence-electron chi connectivity index (χ3n) is 3.52. The van der Waals surface area contributed by atoms with Crippen LogP contribution in [0.4, 0.5) is 10.5 Å². The Morgan fingerprint density at radius 2 is 2.05 bits per heavy atom. The summed E-state index contributed by atoms with van der Waals surface area (Å²) in [5.41, 5.74) is 2.07. The van der Waals surface area contributed by atoms with Crippen LogP contribution in [-0.2, 0) is 11.3 Å². The zero-order valence-corrected chi connectivity index (χ0v) is 12.8. The number of halogens is 2. The topological polar surface area (TPSA) is 41.6 Å². The van der Waals surface area contributed by atoms with Crippen LogP contribution in [-0.4, -0.2) is 25.2 Å². The predicted octanol–water partition coefficient (Wildman–Crippen LogP) is 3.08. The van der Waals surface area contributed by atoms with Gasteiger partial charge in [-0.3, -0.25) is 4.90 Å². The first kappa shape index (κ1) is 14.6. The molecule has 3 rings (SSSR count). The van der Waals surface area contributed by atoms with Gasteiger partial charge < -0.3 is 10.1 Å². The third kappa shape index (κ3) is 2.88. The van der Waals surface area contributed by atoms with Crippen LogP contribution in [0.2, 0.25) is 0 Å². The van der Waals surface area contributed by atoms with Gasteiger partial charge in [0.1, 0.15) is 6.61 Å². The molecule has 4 nitrogen and oxygen atoms in total. The quantitative estimate of drug-likeness (QED) is 0.849. The molecule has 1 amide bonds. The largest absolute Gasteiger partial charge is 0.444 e. The highest BCUT2D eigenvalue weighted by atomic mass is 79.9. The number of carbonyl (C=O) groups excluding carboxylic acids is 1. The van der Waals surface area contributed by atoms with E-state index in [9.17, 15) is 4.79 Å². The summed E-state index contributed by atoms with van der Waals surface area (Å²) < 4.78 is 6.29. The first-order valence-corrected chi connectivity index (χ1v) is 7.00. The lowest BCUT2D eigenvalue weighted by molar-refractivity contribution is 0.137. The molecule has 1 fully saturated rings. The minimum atomic E-state index is -0.211. The Kier molecular flexibility index (Phi) is 4.71. The number of ether oxygens (including phenoxy) is 1. The summed E-state index contributed by atoms with van der Waals surface area (Å²) in [4.78, 5) is 13.8. The molecule has 1 aromatic rings. The minimum Gasteiger partial charge on any atom is -0.444 e. The van der Waals surface area contributed by atoms with Gasteiger partial charge in [0.2, 0.25) is 0 Å². The molecule has 6 heteroatoms. The highest BCUT2D eigenvalue weighted by molar-refractivity contribution is 9.10. The first-order chi connectivity index (χ1) is 8.75. The fraction of sp³-hybridized carbons (Fsp3) is 0.462. The highest BCUT2D eigenvalue weighted by Gasteiger charge is 2.32. The van der Waals surface area contributed by atoms with Crippen molar-refractivity contribution in [1.82, 2.24) is 5.32 Å². The minimum absolute atomic E-state index is 0. The third-order valence-corrected chi connectivity index (χ3v) is 4.02. The fourth-order valence-corrected chi connectivity index (χ4v) is 3.03. The van der Waals surface area contributed by atoms with Gasteiger partial charge in [0, 0.05) is 16.1 Å². The molecule has 0 atom stereocenters. The summed E-state index contributed by atoms with van der Waals surface area (Å²) in [6.45, 7) is 2.29. The van der Waals surface area contributed by atoms with Crippen LogP contribution in [0.5, 0.6) is 0 Å². The number of amides is 1. The maximum Gasteiger partial charge on any atom is 0.414 e.